The lowest BCUT2D eigenvalue weighted by atomic mass is 9.86. The largest absolute Gasteiger partial charge is 0.496 e. The molecule has 0 saturated heterocycles. The Morgan fingerprint density at radius 1 is 0.939 bits per heavy atom. The van der Waals surface area contributed by atoms with Crippen LogP contribution < -0.4 is 4.74 Å². The summed E-state index contributed by atoms with van der Waals surface area (Å²) in [4.78, 5) is 24.8. The molecule has 8 heteroatoms. The van der Waals surface area contributed by atoms with Crippen LogP contribution in [0.1, 0.15) is 58.1 Å². The predicted octanol–water partition coefficient (Wildman–Crippen LogP) is 5.54. The van der Waals surface area contributed by atoms with Gasteiger partial charge in [0.25, 0.3) is 0 Å². The molecule has 0 bridgehead atoms. The number of benzene rings is 2. The van der Waals surface area contributed by atoms with E-state index in [1.54, 1.807) is 20.8 Å². The van der Waals surface area contributed by atoms with E-state index in [1.165, 1.54) is 39.2 Å². The average molecular weight is 466 g/mol. The van der Waals surface area contributed by atoms with Crippen molar-refractivity contribution in [2.24, 2.45) is 5.92 Å². The van der Waals surface area contributed by atoms with Crippen LogP contribution in [0.15, 0.2) is 36.4 Å². The van der Waals surface area contributed by atoms with Gasteiger partial charge < -0.3 is 14.2 Å². The third kappa shape index (κ3) is 7.23. The Hall–Kier alpha value is -3.03. The van der Waals surface area contributed by atoms with Gasteiger partial charge in [-0.15, -0.1) is 0 Å². The second-order valence-corrected chi connectivity index (χ2v) is 8.86. The van der Waals surface area contributed by atoms with Crippen molar-refractivity contribution in [1.82, 2.24) is 0 Å². The number of carbonyl (C=O) groups is 2. The summed E-state index contributed by atoms with van der Waals surface area (Å²) < 4.78 is 58.1. The van der Waals surface area contributed by atoms with Gasteiger partial charge in [-0.25, -0.2) is 13.2 Å². The number of carbonyl (C=O) groups excluding carboxylic acids is 2. The normalized spacial score (nSPS) is 14.2. The molecular formula is C25H29F3O5. The van der Waals surface area contributed by atoms with Crippen LogP contribution in [0, 0.1) is 23.4 Å². The molecule has 0 amide bonds. The van der Waals surface area contributed by atoms with E-state index < -0.39 is 52.9 Å². The highest BCUT2D eigenvalue weighted by atomic mass is 19.1. The number of ether oxygens (including phenoxy) is 3. The molecule has 180 valence electrons. The smallest absolute Gasteiger partial charge is 0.309 e. The van der Waals surface area contributed by atoms with Crippen molar-refractivity contribution in [1.29, 1.82) is 0 Å². The molecule has 0 spiro atoms. The Kier molecular flexibility index (Phi) is 8.52. The fourth-order valence-corrected chi connectivity index (χ4v) is 3.45. The predicted molar refractivity (Wildman–Crippen MR) is 116 cm³/mol. The number of hydrogen-bond acceptors (Lipinski definition) is 5. The molecule has 2 rings (SSSR count). The molecule has 0 radical (unpaired) electrons. The number of rotatable bonds is 8. The molecule has 5 nitrogen and oxygen atoms in total. The molecule has 0 N–H and O–H groups in total. The van der Waals surface area contributed by atoms with E-state index in [0.717, 1.165) is 18.2 Å². The molecule has 2 aromatic carbocycles. The molecule has 0 heterocycles. The first kappa shape index (κ1) is 26.2. The first-order chi connectivity index (χ1) is 15.3. The summed E-state index contributed by atoms with van der Waals surface area (Å²) in [7, 11) is 1.33. The lowest BCUT2D eigenvalue weighted by molar-refractivity contribution is -0.163. The summed E-state index contributed by atoms with van der Waals surface area (Å²) in [5.41, 5.74) is -0.302. The van der Waals surface area contributed by atoms with Crippen molar-refractivity contribution in [2.75, 3.05) is 7.11 Å². The van der Waals surface area contributed by atoms with Crippen molar-refractivity contribution in [3.05, 3.63) is 65.0 Å². The summed E-state index contributed by atoms with van der Waals surface area (Å²) in [5.74, 6) is -5.07. The van der Waals surface area contributed by atoms with Gasteiger partial charge >= 0.3 is 11.9 Å². The molecule has 0 fully saturated rings. The molecule has 0 unspecified atom stereocenters. The summed E-state index contributed by atoms with van der Waals surface area (Å²) in [6, 6.07) is 6.75. The van der Waals surface area contributed by atoms with Gasteiger partial charge in [-0.3, -0.25) is 9.59 Å². The molecule has 0 aliphatic carbocycles. The van der Waals surface area contributed by atoms with Gasteiger partial charge in [0, 0.05) is 17.7 Å². The fourth-order valence-electron chi connectivity index (χ4n) is 3.45. The molecule has 0 saturated carbocycles. The Morgan fingerprint density at radius 2 is 1.52 bits per heavy atom. The Bertz CT molecular complexity index is 1000. The van der Waals surface area contributed by atoms with E-state index in [0.29, 0.717) is 5.56 Å². The lowest BCUT2D eigenvalue weighted by Crippen LogP contribution is -2.30. The van der Waals surface area contributed by atoms with Gasteiger partial charge in [0.1, 0.15) is 34.9 Å². The SMILES string of the molecule is COc1cc(F)ccc1[C@@H](c1ccc(F)cc1F)[C@H](C)OC(=O)[C@H](C)CC(=O)OC(C)(C)C. The minimum atomic E-state index is -0.960. The Labute approximate surface area is 191 Å². The van der Waals surface area contributed by atoms with Crippen molar-refractivity contribution in [2.45, 2.75) is 58.7 Å². The van der Waals surface area contributed by atoms with Crippen molar-refractivity contribution >= 4 is 11.9 Å². The van der Waals surface area contributed by atoms with Crippen LogP contribution in [-0.2, 0) is 19.1 Å². The van der Waals surface area contributed by atoms with Gasteiger partial charge in [-0.05, 0) is 45.4 Å². The van der Waals surface area contributed by atoms with Crippen LogP contribution in [0.25, 0.3) is 0 Å². The average Bonchev–Trinajstić information content (AvgIpc) is 2.69. The van der Waals surface area contributed by atoms with E-state index >= 15 is 0 Å². The zero-order chi connectivity index (χ0) is 24.9. The quantitative estimate of drug-likeness (QED) is 0.478. The number of halogens is 3. The maximum absolute atomic E-state index is 14.7. The fraction of sp³-hybridized carbons (Fsp3) is 0.440. The third-order valence-corrected chi connectivity index (χ3v) is 4.89. The molecule has 2 aromatic rings. The Balaban J connectivity index is 2.34. The summed E-state index contributed by atoms with van der Waals surface area (Å²) in [6.07, 6.45) is -1.16. The summed E-state index contributed by atoms with van der Waals surface area (Å²) in [6.45, 7) is 8.20. The van der Waals surface area contributed by atoms with Gasteiger partial charge in [0.2, 0.25) is 0 Å². The number of esters is 2. The maximum Gasteiger partial charge on any atom is 0.309 e. The van der Waals surface area contributed by atoms with Crippen LogP contribution in [-0.4, -0.2) is 30.8 Å². The van der Waals surface area contributed by atoms with Gasteiger partial charge in [0.05, 0.1) is 25.4 Å². The second kappa shape index (κ2) is 10.7. The van der Waals surface area contributed by atoms with Crippen molar-refractivity contribution < 1.29 is 37.0 Å². The maximum atomic E-state index is 14.7. The molecule has 0 aliphatic heterocycles. The first-order valence-corrected chi connectivity index (χ1v) is 10.5. The monoisotopic (exact) mass is 466 g/mol. The third-order valence-electron chi connectivity index (χ3n) is 4.89. The molecule has 33 heavy (non-hydrogen) atoms. The first-order valence-electron chi connectivity index (χ1n) is 10.5. The Morgan fingerprint density at radius 3 is 2.06 bits per heavy atom. The lowest BCUT2D eigenvalue weighted by Gasteiger charge is -2.28. The molecular weight excluding hydrogens is 437 g/mol. The zero-order valence-corrected chi connectivity index (χ0v) is 19.6. The highest BCUT2D eigenvalue weighted by Crippen LogP contribution is 2.37. The highest BCUT2D eigenvalue weighted by molar-refractivity contribution is 5.80. The molecule has 3 atom stereocenters. The standard InChI is InChI=1S/C25H29F3O5/c1-14(11-22(29)33-25(3,4)5)24(30)32-15(2)23(18-9-7-16(26)12-20(18)28)19-10-8-17(27)13-21(19)31-6/h7-10,12-15,23H,11H2,1-6H3/t14-,15+,23-/m1/s1. The van der Waals surface area contributed by atoms with Crippen LogP contribution in [0.2, 0.25) is 0 Å². The topological polar surface area (TPSA) is 61.8 Å². The minimum absolute atomic E-state index is 0.0430. The van der Waals surface area contributed by atoms with E-state index in [9.17, 15) is 22.8 Å². The van der Waals surface area contributed by atoms with Crippen LogP contribution in [0.4, 0.5) is 13.2 Å². The van der Waals surface area contributed by atoms with Gasteiger partial charge in [-0.1, -0.05) is 19.1 Å². The van der Waals surface area contributed by atoms with E-state index in [1.807, 2.05) is 0 Å². The number of methoxy groups -OCH3 is 1. The summed E-state index contributed by atoms with van der Waals surface area (Å²) in [5, 5.41) is 0. The summed E-state index contributed by atoms with van der Waals surface area (Å²) >= 11 is 0. The minimum Gasteiger partial charge on any atom is -0.496 e. The van der Waals surface area contributed by atoms with Crippen LogP contribution in [0.5, 0.6) is 5.75 Å². The number of hydrogen-bond donors (Lipinski definition) is 0. The van der Waals surface area contributed by atoms with E-state index in [2.05, 4.69) is 0 Å². The molecule has 0 aliphatic rings. The van der Waals surface area contributed by atoms with Gasteiger partial charge in [0.15, 0.2) is 0 Å². The van der Waals surface area contributed by atoms with Crippen LogP contribution >= 0.6 is 0 Å². The highest BCUT2D eigenvalue weighted by Gasteiger charge is 2.32. The van der Waals surface area contributed by atoms with Gasteiger partial charge in [-0.2, -0.15) is 0 Å². The van der Waals surface area contributed by atoms with Crippen LogP contribution in [0.3, 0.4) is 0 Å². The van der Waals surface area contributed by atoms with E-state index in [4.69, 9.17) is 14.2 Å². The van der Waals surface area contributed by atoms with E-state index in [-0.39, 0.29) is 17.7 Å². The second-order valence-electron chi connectivity index (χ2n) is 8.86. The molecule has 0 aromatic heterocycles. The zero-order valence-electron chi connectivity index (χ0n) is 19.6. The van der Waals surface area contributed by atoms with Crippen molar-refractivity contribution in [3.63, 3.8) is 0 Å². The van der Waals surface area contributed by atoms with Crippen molar-refractivity contribution in [3.8, 4) is 5.75 Å².